The van der Waals surface area contributed by atoms with Crippen LogP contribution in [0.25, 0.3) is 11.9 Å². The first-order chi connectivity index (χ1) is 16.4. The molecule has 2 N–H and O–H groups in total. The molecule has 2 aliphatic rings. The molecule has 4 heterocycles. The number of aromatic nitrogens is 4. The molecule has 1 aromatic carbocycles. The zero-order valence-corrected chi connectivity index (χ0v) is 19.6. The molecule has 178 valence electrons. The number of piperazine rings is 1. The van der Waals surface area contributed by atoms with Crippen LogP contribution in [0.4, 0.5) is 21.8 Å². The summed E-state index contributed by atoms with van der Waals surface area (Å²) < 4.78 is 21.4. The zero-order valence-electron chi connectivity index (χ0n) is 19.6. The van der Waals surface area contributed by atoms with Gasteiger partial charge in [0.15, 0.2) is 5.82 Å². The van der Waals surface area contributed by atoms with Crippen molar-refractivity contribution in [2.24, 2.45) is 0 Å². The van der Waals surface area contributed by atoms with Gasteiger partial charge < -0.3 is 20.3 Å². The second-order valence-electron chi connectivity index (χ2n) is 8.87. The summed E-state index contributed by atoms with van der Waals surface area (Å²) in [7, 11) is 3.82. The van der Waals surface area contributed by atoms with Crippen molar-refractivity contribution in [2.75, 3.05) is 62.4 Å². The van der Waals surface area contributed by atoms with E-state index in [0.29, 0.717) is 12.4 Å². The highest BCUT2D eigenvalue weighted by molar-refractivity contribution is 5.61. The first-order valence-electron chi connectivity index (χ1n) is 11.3. The molecule has 1 atom stereocenters. The number of halogens is 1. The lowest BCUT2D eigenvalue weighted by atomic mass is 10.1. The fraction of sp³-hybridized carbons (Fsp3) is 0.375. The van der Waals surface area contributed by atoms with Crippen molar-refractivity contribution in [3.05, 3.63) is 53.6 Å². The minimum absolute atomic E-state index is 0.212. The average molecular weight is 465 g/mol. The second-order valence-corrected chi connectivity index (χ2v) is 8.87. The normalized spacial score (nSPS) is 18.0. The number of hydrogen-bond acceptors (Lipinski definition) is 8. The molecule has 0 spiro atoms. The summed E-state index contributed by atoms with van der Waals surface area (Å²) in [6, 6.07) is 6.82. The Balaban J connectivity index is 1.24. The number of nitrogens with two attached hydrogens (primary N) is 1. The Kier molecular flexibility index (Phi) is 5.82. The third kappa shape index (κ3) is 4.28. The lowest BCUT2D eigenvalue weighted by Crippen LogP contribution is -2.57. The number of fused-ring (bicyclic) bond motifs is 3. The molecule has 2 aromatic heterocycles. The number of ether oxygens (including phenoxy) is 1. The summed E-state index contributed by atoms with van der Waals surface area (Å²) in [4.78, 5) is 15.1. The fourth-order valence-corrected chi connectivity index (χ4v) is 4.49. The smallest absolute Gasteiger partial charge is 0.224 e. The molecule has 5 rings (SSSR count). The SMILES string of the molecule is Cc1c(/C=C/CN2CCN3c4cc(F)ccc4OCC3C2)cnn1-c1cc(N(C)C)nc(N)n1. The van der Waals surface area contributed by atoms with Crippen LogP contribution in [-0.4, -0.2) is 77.6 Å². The first-order valence-corrected chi connectivity index (χ1v) is 11.3. The van der Waals surface area contributed by atoms with Gasteiger partial charge in [-0.25, -0.2) is 9.07 Å². The number of rotatable bonds is 5. The highest BCUT2D eigenvalue weighted by atomic mass is 19.1. The van der Waals surface area contributed by atoms with Crippen LogP contribution in [0, 0.1) is 12.7 Å². The molecule has 2 aliphatic heterocycles. The van der Waals surface area contributed by atoms with Crippen LogP contribution in [0.15, 0.2) is 36.5 Å². The molecule has 3 aromatic rings. The summed E-state index contributed by atoms with van der Waals surface area (Å²) in [5, 5.41) is 4.51. The largest absolute Gasteiger partial charge is 0.489 e. The molecule has 0 amide bonds. The van der Waals surface area contributed by atoms with E-state index in [9.17, 15) is 4.39 Å². The Morgan fingerprint density at radius 1 is 1.24 bits per heavy atom. The van der Waals surface area contributed by atoms with E-state index >= 15 is 0 Å². The average Bonchev–Trinajstić information content (AvgIpc) is 3.18. The van der Waals surface area contributed by atoms with Gasteiger partial charge >= 0.3 is 0 Å². The van der Waals surface area contributed by atoms with Crippen molar-refractivity contribution >= 4 is 23.5 Å². The van der Waals surface area contributed by atoms with Gasteiger partial charge in [0.25, 0.3) is 0 Å². The quantitative estimate of drug-likeness (QED) is 0.616. The van der Waals surface area contributed by atoms with Crippen LogP contribution >= 0.6 is 0 Å². The molecular weight excluding hydrogens is 435 g/mol. The van der Waals surface area contributed by atoms with Gasteiger partial charge in [-0.2, -0.15) is 15.1 Å². The van der Waals surface area contributed by atoms with Crippen molar-refractivity contribution in [3.8, 4) is 11.6 Å². The van der Waals surface area contributed by atoms with Crippen molar-refractivity contribution < 1.29 is 9.13 Å². The highest BCUT2D eigenvalue weighted by Crippen LogP contribution is 2.35. The maximum atomic E-state index is 13.8. The van der Waals surface area contributed by atoms with Gasteiger partial charge in [0.1, 0.15) is 24.0 Å². The standard InChI is InChI=1S/C24H29FN8O/c1-16-17(13-27-33(16)23-12-22(30(2)3)28-24(26)29-23)5-4-8-31-9-10-32-19(14-31)15-34-21-7-6-18(25)11-20(21)32/h4-7,11-13,19H,8-10,14-15H2,1-3H3,(H2,26,28,29)/b5-4+. The van der Waals surface area contributed by atoms with Crippen LogP contribution in [0.5, 0.6) is 5.75 Å². The Bertz CT molecular complexity index is 1220. The lowest BCUT2D eigenvalue weighted by Gasteiger charge is -2.45. The Hall–Kier alpha value is -3.66. The summed E-state index contributed by atoms with van der Waals surface area (Å²) in [6.07, 6.45) is 6.07. The van der Waals surface area contributed by atoms with Gasteiger partial charge in [0.2, 0.25) is 5.95 Å². The Morgan fingerprint density at radius 2 is 2.09 bits per heavy atom. The van der Waals surface area contributed by atoms with E-state index in [1.54, 1.807) is 16.8 Å². The van der Waals surface area contributed by atoms with Gasteiger partial charge in [0.05, 0.1) is 23.6 Å². The third-order valence-electron chi connectivity index (χ3n) is 6.33. The minimum Gasteiger partial charge on any atom is -0.489 e. The minimum atomic E-state index is -0.230. The van der Waals surface area contributed by atoms with E-state index in [4.69, 9.17) is 10.5 Å². The monoisotopic (exact) mass is 464 g/mol. The van der Waals surface area contributed by atoms with Gasteiger partial charge in [-0.05, 0) is 19.1 Å². The summed E-state index contributed by atoms with van der Waals surface area (Å²) in [5.74, 6) is 2.11. The number of anilines is 3. The topological polar surface area (TPSA) is 88.6 Å². The fourth-order valence-electron chi connectivity index (χ4n) is 4.49. The molecule has 9 nitrogen and oxygen atoms in total. The van der Waals surface area contributed by atoms with E-state index < -0.39 is 0 Å². The molecule has 1 saturated heterocycles. The number of benzene rings is 1. The summed E-state index contributed by atoms with van der Waals surface area (Å²) >= 11 is 0. The first kappa shape index (κ1) is 22.1. The van der Waals surface area contributed by atoms with E-state index in [2.05, 4.69) is 37.0 Å². The number of nitrogens with zero attached hydrogens (tertiary/aromatic N) is 7. The van der Waals surface area contributed by atoms with Crippen LogP contribution in [-0.2, 0) is 0 Å². The lowest BCUT2D eigenvalue weighted by molar-refractivity contribution is 0.177. The molecule has 0 bridgehead atoms. The molecule has 10 heteroatoms. The van der Waals surface area contributed by atoms with E-state index in [0.717, 1.165) is 54.7 Å². The highest BCUT2D eigenvalue weighted by Gasteiger charge is 2.32. The van der Waals surface area contributed by atoms with Gasteiger partial charge in [-0.1, -0.05) is 12.2 Å². The zero-order chi connectivity index (χ0) is 23.8. The van der Waals surface area contributed by atoms with Gasteiger partial charge in [-0.15, -0.1) is 0 Å². The van der Waals surface area contributed by atoms with Gasteiger partial charge in [0, 0.05) is 58.0 Å². The maximum Gasteiger partial charge on any atom is 0.224 e. The molecule has 0 radical (unpaired) electrons. The van der Waals surface area contributed by atoms with Crippen molar-refractivity contribution in [1.29, 1.82) is 0 Å². The molecule has 1 fully saturated rings. The van der Waals surface area contributed by atoms with E-state index in [-0.39, 0.29) is 17.8 Å². The van der Waals surface area contributed by atoms with Crippen LogP contribution in [0.3, 0.4) is 0 Å². The van der Waals surface area contributed by atoms with Crippen LogP contribution in [0.1, 0.15) is 11.3 Å². The molecule has 0 aliphatic carbocycles. The molecule has 34 heavy (non-hydrogen) atoms. The molecular formula is C24H29FN8O. The summed E-state index contributed by atoms with van der Waals surface area (Å²) in [6.45, 7) is 6.06. The Morgan fingerprint density at radius 3 is 2.91 bits per heavy atom. The summed E-state index contributed by atoms with van der Waals surface area (Å²) in [5.41, 5.74) is 8.75. The number of nitrogen functional groups attached to an aromatic ring is 1. The maximum absolute atomic E-state index is 13.8. The van der Waals surface area contributed by atoms with Crippen molar-refractivity contribution in [3.63, 3.8) is 0 Å². The third-order valence-corrected chi connectivity index (χ3v) is 6.33. The van der Waals surface area contributed by atoms with Crippen molar-refractivity contribution in [1.82, 2.24) is 24.6 Å². The predicted molar refractivity (Wildman–Crippen MR) is 131 cm³/mol. The molecule has 0 saturated carbocycles. The molecule has 1 unspecified atom stereocenters. The van der Waals surface area contributed by atoms with Crippen molar-refractivity contribution in [2.45, 2.75) is 13.0 Å². The Labute approximate surface area is 198 Å². The van der Waals surface area contributed by atoms with Crippen LogP contribution < -0.4 is 20.3 Å². The van der Waals surface area contributed by atoms with Gasteiger partial charge in [-0.3, -0.25) is 4.90 Å². The van der Waals surface area contributed by atoms with E-state index in [1.807, 2.05) is 38.2 Å². The number of hydrogen-bond donors (Lipinski definition) is 1. The van der Waals surface area contributed by atoms with Crippen LogP contribution in [0.2, 0.25) is 0 Å². The predicted octanol–water partition coefficient (Wildman–Crippen LogP) is 2.35. The second kappa shape index (κ2) is 8.94. The van der Waals surface area contributed by atoms with E-state index in [1.165, 1.54) is 6.07 Å².